The van der Waals surface area contributed by atoms with Crippen LogP contribution in [0.2, 0.25) is 0 Å². The number of nitrogens with zero attached hydrogens (tertiary/aromatic N) is 2. The quantitative estimate of drug-likeness (QED) is 0.860. The first-order valence-corrected chi connectivity index (χ1v) is 7.24. The van der Waals surface area contributed by atoms with E-state index in [0.717, 1.165) is 26.1 Å². The maximum absolute atomic E-state index is 11.7. The van der Waals surface area contributed by atoms with Crippen LogP contribution in [0, 0.1) is 5.41 Å². The molecule has 1 aliphatic rings. The van der Waals surface area contributed by atoms with Gasteiger partial charge in [-0.05, 0) is 17.9 Å². The number of hydrogen-bond donors (Lipinski definition) is 1. The van der Waals surface area contributed by atoms with E-state index in [4.69, 9.17) is 5.73 Å². The fourth-order valence-corrected chi connectivity index (χ4v) is 2.57. The molecule has 1 aliphatic heterocycles. The number of rotatable bonds is 3. The molecular weight excluding hydrogens is 250 g/mol. The van der Waals surface area contributed by atoms with E-state index in [9.17, 15) is 4.79 Å². The second-order valence-electron chi connectivity index (χ2n) is 6.52. The summed E-state index contributed by atoms with van der Waals surface area (Å²) in [4.78, 5) is 14.1. The zero-order valence-electron chi connectivity index (χ0n) is 12.7. The van der Waals surface area contributed by atoms with E-state index in [0.29, 0.717) is 12.2 Å². The van der Waals surface area contributed by atoms with E-state index < -0.39 is 0 Å². The van der Waals surface area contributed by atoms with Crippen LogP contribution in [0.4, 0.5) is 5.69 Å². The molecule has 0 fully saturated rings. The van der Waals surface area contributed by atoms with Crippen LogP contribution in [-0.4, -0.2) is 29.1 Å². The monoisotopic (exact) mass is 275 g/mol. The van der Waals surface area contributed by atoms with Gasteiger partial charge in [0, 0.05) is 44.1 Å². The fourth-order valence-electron chi connectivity index (χ4n) is 2.57. The van der Waals surface area contributed by atoms with Crippen molar-refractivity contribution in [1.82, 2.24) is 9.47 Å². The lowest BCUT2D eigenvalue weighted by Gasteiger charge is -2.32. The molecule has 0 amide bonds. The summed E-state index contributed by atoms with van der Waals surface area (Å²) < 4.78 is 1.69. The van der Waals surface area contributed by atoms with Crippen molar-refractivity contribution >= 4 is 5.69 Å². The number of aromatic nitrogens is 1. The lowest BCUT2D eigenvalue weighted by molar-refractivity contribution is 0.267. The fraction of sp³-hybridized carbons (Fsp3) is 0.562. The molecule has 20 heavy (non-hydrogen) atoms. The van der Waals surface area contributed by atoms with Gasteiger partial charge in [-0.2, -0.15) is 0 Å². The third-order valence-electron chi connectivity index (χ3n) is 3.92. The topological polar surface area (TPSA) is 51.3 Å². The molecule has 0 spiro atoms. The Labute approximate surface area is 120 Å². The second-order valence-corrected chi connectivity index (χ2v) is 6.52. The maximum Gasteiger partial charge on any atom is 0.250 e. The van der Waals surface area contributed by atoms with E-state index in [-0.39, 0.29) is 11.0 Å². The normalized spacial score (nSPS) is 17.1. The van der Waals surface area contributed by atoms with Gasteiger partial charge in [-0.25, -0.2) is 0 Å². The summed E-state index contributed by atoms with van der Waals surface area (Å²) in [5.74, 6) is 0. The third kappa shape index (κ3) is 3.73. The Morgan fingerprint density at radius 3 is 2.60 bits per heavy atom. The van der Waals surface area contributed by atoms with Gasteiger partial charge >= 0.3 is 0 Å². The van der Waals surface area contributed by atoms with Crippen LogP contribution in [0.5, 0.6) is 0 Å². The molecule has 0 saturated heterocycles. The van der Waals surface area contributed by atoms with Crippen molar-refractivity contribution in [3.05, 3.63) is 40.3 Å². The molecule has 0 saturated carbocycles. The van der Waals surface area contributed by atoms with Crippen molar-refractivity contribution in [2.45, 2.75) is 33.7 Å². The molecule has 0 atom stereocenters. The van der Waals surface area contributed by atoms with Crippen molar-refractivity contribution in [2.75, 3.05) is 25.4 Å². The first kappa shape index (κ1) is 14.9. The predicted molar refractivity (Wildman–Crippen MR) is 83.7 cm³/mol. The molecule has 1 aromatic rings. The van der Waals surface area contributed by atoms with E-state index in [1.807, 2.05) is 0 Å². The van der Waals surface area contributed by atoms with Crippen molar-refractivity contribution in [3.63, 3.8) is 0 Å². The molecule has 2 heterocycles. The van der Waals surface area contributed by atoms with Crippen LogP contribution in [-0.2, 0) is 6.54 Å². The van der Waals surface area contributed by atoms with Crippen molar-refractivity contribution in [1.29, 1.82) is 0 Å². The Morgan fingerprint density at radius 1 is 1.25 bits per heavy atom. The minimum Gasteiger partial charge on any atom is -0.398 e. The van der Waals surface area contributed by atoms with Crippen LogP contribution in [0.1, 0.15) is 27.2 Å². The Balaban J connectivity index is 1.92. The Kier molecular flexibility index (Phi) is 4.33. The molecule has 0 aliphatic carbocycles. The highest BCUT2D eigenvalue weighted by atomic mass is 16.1. The number of hydrogen-bond acceptors (Lipinski definition) is 3. The SMILES string of the molecule is CC(C)(C)C1=CCN(CCn2cc(N)ccc2=O)CC1. The zero-order chi connectivity index (χ0) is 14.8. The van der Waals surface area contributed by atoms with Gasteiger partial charge in [0.2, 0.25) is 0 Å². The van der Waals surface area contributed by atoms with Crippen molar-refractivity contribution in [3.8, 4) is 0 Å². The standard InChI is InChI=1S/C16H25N3O/c1-16(2,3)13-6-8-18(9-7-13)10-11-19-12-14(17)4-5-15(19)20/h4-6,12H,7-11,17H2,1-3H3. The maximum atomic E-state index is 11.7. The van der Waals surface area contributed by atoms with Crippen LogP contribution >= 0.6 is 0 Å². The van der Waals surface area contributed by atoms with Crippen LogP contribution < -0.4 is 11.3 Å². The van der Waals surface area contributed by atoms with Gasteiger partial charge in [0.25, 0.3) is 5.56 Å². The third-order valence-corrected chi connectivity index (χ3v) is 3.92. The van der Waals surface area contributed by atoms with Gasteiger partial charge < -0.3 is 10.3 Å². The Morgan fingerprint density at radius 2 is 2.00 bits per heavy atom. The minimum atomic E-state index is 0.0159. The molecule has 2 N–H and O–H groups in total. The highest BCUT2D eigenvalue weighted by Crippen LogP contribution is 2.29. The summed E-state index contributed by atoms with van der Waals surface area (Å²) >= 11 is 0. The molecule has 0 bridgehead atoms. The van der Waals surface area contributed by atoms with E-state index >= 15 is 0 Å². The van der Waals surface area contributed by atoms with E-state index in [1.165, 1.54) is 11.6 Å². The van der Waals surface area contributed by atoms with Crippen LogP contribution in [0.25, 0.3) is 0 Å². The molecule has 0 radical (unpaired) electrons. The summed E-state index contributed by atoms with van der Waals surface area (Å²) in [5.41, 5.74) is 8.18. The van der Waals surface area contributed by atoms with Gasteiger partial charge in [0.15, 0.2) is 0 Å². The smallest absolute Gasteiger partial charge is 0.250 e. The minimum absolute atomic E-state index is 0.0159. The first-order chi connectivity index (χ1) is 9.36. The zero-order valence-corrected chi connectivity index (χ0v) is 12.7. The average molecular weight is 275 g/mol. The summed E-state index contributed by atoms with van der Waals surface area (Å²) in [6.07, 6.45) is 5.18. The summed E-state index contributed by atoms with van der Waals surface area (Å²) in [5, 5.41) is 0. The lowest BCUT2D eigenvalue weighted by atomic mass is 9.83. The summed E-state index contributed by atoms with van der Waals surface area (Å²) in [6.45, 7) is 10.4. The number of pyridine rings is 1. The number of anilines is 1. The van der Waals surface area contributed by atoms with Gasteiger partial charge in [-0.15, -0.1) is 0 Å². The highest BCUT2D eigenvalue weighted by molar-refractivity contribution is 5.33. The molecule has 0 aromatic carbocycles. The molecule has 0 unspecified atom stereocenters. The Hall–Kier alpha value is -1.55. The highest BCUT2D eigenvalue weighted by Gasteiger charge is 2.20. The molecule has 1 aromatic heterocycles. The summed E-state index contributed by atoms with van der Waals surface area (Å²) in [7, 11) is 0. The van der Waals surface area contributed by atoms with Crippen molar-refractivity contribution < 1.29 is 0 Å². The number of nitrogen functional groups attached to an aromatic ring is 1. The average Bonchev–Trinajstić information content (AvgIpc) is 2.39. The molecule has 4 heteroatoms. The molecule has 2 rings (SSSR count). The van der Waals surface area contributed by atoms with Gasteiger partial charge in [0.05, 0.1) is 0 Å². The molecule has 110 valence electrons. The van der Waals surface area contributed by atoms with Crippen molar-refractivity contribution in [2.24, 2.45) is 5.41 Å². The van der Waals surface area contributed by atoms with Crippen LogP contribution in [0.3, 0.4) is 0 Å². The number of nitrogens with two attached hydrogens (primary N) is 1. The lowest BCUT2D eigenvalue weighted by Crippen LogP contribution is -2.35. The van der Waals surface area contributed by atoms with E-state index in [2.05, 4.69) is 31.7 Å². The van der Waals surface area contributed by atoms with Gasteiger partial charge in [-0.1, -0.05) is 32.4 Å². The predicted octanol–water partition coefficient (Wildman–Crippen LogP) is 2.11. The molecular formula is C16H25N3O. The first-order valence-electron chi connectivity index (χ1n) is 7.24. The van der Waals surface area contributed by atoms with Crippen LogP contribution in [0.15, 0.2) is 34.8 Å². The van der Waals surface area contributed by atoms with E-state index in [1.54, 1.807) is 16.8 Å². The largest absolute Gasteiger partial charge is 0.398 e. The van der Waals surface area contributed by atoms with Gasteiger partial charge in [0.1, 0.15) is 0 Å². The Bertz CT molecular complexity index is 552. The second kappa shape index (κ2) is 5.83. The molecule has 4 nitrogen and oxygen atoms in total. The van der Waals surface area contributed by atoms with Gasteiger partial charge in [-0.3, -0.25) is 9.69 Å². The summed E-state index contributed by atoms with van der Waals surface area (Å²) in [6, 6.07) is 3.18.